The van der Waals surface area contributed by atoms with E-state index in [0.717, 1.165) is 31.0 Å². The topological polar surface area (TPSA) is 69.6 Å². The van der Waals surface area contributed by atoms with Crippen molar-refractivity contribution >= 4 is 15.8 Å². The monoisotopic (exact) mass is 325 g/mol. The largest absolute Gasteiger partial charge is 0.354 e. The summed E-state index contributed by atoms with van der Waals surface area (Å²) >= 11 is 0. The van der Waals surface area contributed by atoms with E-state index in [0.29, 0.717) is 26.2 Å². The second kappa shape index (κ2) is 6.10. The van der Waals surface area contributed by atoms with Crippen molar-refractivity contribution in [2.24, 2.45) is 0 Å². The van der Waals surface area contributed by atoms with Crippen LogP contribution in [0.5, 0.6) is 0 Å². The average molecular weight is 325 g/mol. The van der Waals surface area contributed by atoms with Gasteiger partial charge in [-0.15, -0.1) is 0 Å². The lowest BCUT2D eigenvalue weighted by Gasteiger charge is -2.36. The summed E-state index contributed by atoms with van der Waals surface area (Å²) < 4.78 is 25.5. The summed E-state index contributed by atoms with van der Waals surface area (Å²) in [4.78, 5) is 13.4. The molecule has 0 bridgehead atoms. The first-order valence-electron chi connectivity index (χ1n) is 7.75. The van der Waals surface area contributed by atoms with Gasteiger partial charge in [-0.25, -0.2) is 18.4 Å². The van der Waals surface area contributed by atoms with Crippen LogP contribution in [0.1, 0.15) is 18.2 Å². The van der Waals surface area contributed by atoms with Gasteiger partial charge in [0.2, 0.25) is 10.0 Å². The molecule has 0 aromatic carbocycles. The van der Waals surface area contributed by atoms with Crippen molar-refractivity contribution in [3.05, 3.63) is 17.6 Å². The van der Waals surface area contributed by atoms with Crippen LogP contribution in [-0.2, 0) is 23.0 Å². The quantitative estimate of drug-likeness (QED) is 0.775. The Kier molecular flexibility index (Phi) is 4.33. The predicted molar refractivity (Wildman–Crippen MR) is 85.3 cm³/mol. The van der Waals surface area contributed by atoms with Crippen molar-refractivity contribution in [3.8, 4) is 0 Å². The number of aromatic nitrogens is 2. The first-order chi connectivity index (χ1) is 10.5. The maximum atomic E-state index is 11.9. The molecule has 1 saturated heterocycles. The van der Waals surface area contributed by atoms with E-state index < -0.39 is 10.0 Å². The third-order valence-corrected chi connectivity index (χ3v) is 6.35. The van der Waals surface area contributed by atoms with Crippen LogP contribution in [0.3, 0.4) is 0 Å². The van der Waals surface area contributed by atoms with Crippen LogP contribution < -0.4 is 4.90 Å². The zero-order chi connectivity index (χ0) is 15.7. The molecule has 0 atom stereocenters. The molecule has 0 amide bonds. The van der Waals surface area contributed by atoms with Crippen molar-refractivity contribution in [3.63, 3.8) is 0 Å². The lowest BCUT2D eigenvalue weighted by Crippen LogP contribution is -2.49. The normalized spacial score (nSPS) is 20.9. The Morgan fingerprint density at radius 2 is 1.86 bits per heavy atom. The Morgan fingerprint density at radius 1 is 1.14 bits per heavy atom. The van der Waals surface area contributed by atoms with E-state index in [1.807, 2.05) is 0 Å². The van der Waals surface area contributed by atoms with Crippen molar-refractivity contribution in [2.75, 3.05) is 50.4 Å². The zero-order valence-electron chi connectivity index (χ0n) is 13.2. The minimum Gasteiger partial charge on any atom is -0.354 e. The minimum atomic E-state index is -3.09. The van der Waals surface area contributed by atoms with Crippen LogP contribution in [0.25, 0.3) is 0 Å². The molecule has 0 N–H and O–H groups in total. The summed E-state index contributed by atoms with van der Waals surface area (Å²) in [6.45, 7) is 6.01. The molecule has 3 rings (SSSR count). The zero-order valence-corrected chi connectivity index (χ0v) is 14.0. The smallest absolute Gasteiger partial charge is 0.213 e. The van der Waals surface area contributed by atoms with Crippen molar-refractivity contribution in [1.82, 2.24) is 19.2 Å². The standard InChI is InChI=1S/C14H23N5O2S/c1-3-22(20,21)19-8-6-18(7-9-19)14-12-10-17(2)5-4-13(12)15-11-16-14/h11H,3-10H2,1-2H3. The highest BCUT2D eigenvalue weighted by molar-refractivity contribution is 7.89. The van der Waals surface area contributed by atoms with Gasteiger partial charge in [-0.2, -0.15) is 4.31 Å². The van der Waals surface area contributed by atoms with Crippen molar-refractivity contribution in [1.29, 1.82) is 0 Å². The highest BCUT2D eigenvalue weighted by atomic mass is 32.2. The maximum Gasteiger partial charge on any atom is 0.213 e. The number of likely N-dealkylation sites (N-methyl/N-ethyl adjacent to an activating group) is 1. The first-order valence-corrected chi connectivity index (χ1v) is 9.36. The molecule has 0 unspecified atom stereocenters. The Labute approximate surface area is 132 Å². The molecule has 2 aliphatic heterocycles. The SMILES string of the molecule is CCS(=O)(=O)N1CCN(c2ncnc3c2CN(C)CC3)CC1. The molecule has 2 aliphatic rings. The molecule has 122 valence electrons. The van der Waals surface area contributed by atoms with Crippen molar-refractivity contribution < 1.29 is 8.42 Å². The van der Waals surface area contributed by atoms with E-state index in [2.05, 4.69) is 26.8 Å². The van der Waals surface area contributed by atoms with Gasteiger partial charge in [-0.05, 0) is 14.0 Å². The number of sulfonamides is 1. The van der Waals surface area contributed by atoms with Crippen LogP contribution in [0.2, 0.25) is 0 Å². The molecule has 3 heterocycles. The Morgan fingerprint density at radius 3 is 2.55 bits per heavy atom. The number of hydrogen-bond donors (Lipinski definition) is 0. The first kappa shape index (κ1) is 15.6. The van der Waals surface area contributed by atoms with Crippen molar-refractivity contribution in [2.45, 2.75) is 19.9 Å². The van der Waals surface area contributed by atoms with Gasteiger partial charge in [-0.1, -0.05) is 0 Å². The molecular formula is C14H23N5O2S. The van der Waals surface area contributed by atoms with E-state index in [1.165, 1.54) is 5.56 Å². The van der Waals surface area contributed by atoms with Crippen LogP contribution in [0, 0.1) is 0 Å². The molecule has 1 fully saturated rings. The van der Waals surface area contributed by atoms with Gasteiger partial charge in [0.1, 0.15) is 12.1 Å². The van der Waals surface area contributed by atoms with E-state index in [4.69, 9.17) is 0 Å². The van der Waals surface area contributed by atoms with Gasteiger partial charge in [0, 0.05) is 51.3 Å². The maximum absolute atomic E-state index is 11.9. The summed E-state index contributed by atoms with van der Waals surface area (Å²) in [5, 5.41) is 0. The average Bonchev–Trinajstić information content (AvgIpc) is 2.54. The highest BCUT2D eigenvalue weighted by Gasteiger charge is 2.28. The van der Waals surface area contributed by atoms with Gasteiger partial charge in [0.25, 0.3) is 0 Å². The fourth-order valence-electron chi connectivity index (χ4n) is 3.09. The summed E-state index contributed by atoms with van der Waals surface area (Å²) in [7, 11) is -0.985. The fourth-order valence-corrected chi connectivity index (χ4v) is 4.18. The van der Waals surface area contributed by atoms with E-state index in [9.17, 15) is 8.42 Å². The summed E-state index contributed by atoms with van der Waals surface area (Å²) in [6.07, 6.45) is 2.58. The molecule has 8 heteroatoms. The number of rotatable bonds is 3. The molecule has 1 aromatic rings. The molecule has 0 saturated carbocycles. The Bertz CT molecular complexity index is 641. The predicted octanol–water partition coefficient (Wildman–Crippen LogP) is -0.0638. The molecular weight excluding hydrogens is 302 g/mol. The second-order valence-corrected chi connectivity index (χ2v) is 8.15. The Hall–Kier alpha value is -1.25. The van der Waals surface area contributed by atoms with E-state index in [-0.39, 0.29) is 5.75 Å². The summed E-state index contributed by atoms with van der Waals surface area (Å²) in [5.41, 5.74) is 2.33. The van der Waals surface area contributed by atoms with Gasteiger partial charge in [0.15, 0.2) is 0 Å². The number of fused-ring (bicyclic) bond motifs is 1. The van der Waals surface area contributed by atoms with Crippen LogP contribution in [0.15, 0.2) is 6.33 Å². The van der Waals surface area contributed by atoms with E-state index in [1.54, 1.807) is 17.6 Å². The number of hydrogen-bond acceptors (Lipinski definition) is 6. The van der Waals surface area contributed by atoms with E-state index >= 15 is 0 Å². The number of anilines is 1. The Balaban J connectivity index is 1.77. The van der Waals surface area contributed by atoms with Gasteiger partial charge in [0.05, 0.1) is 11.4 Å². The van der Waals surface area contributed by atoms with Crippen LogP contribution in [-0.4, -0.2) is 73.1 Å². The molecule has 22 heavy (non-hydrogen) atoms. The van der Waals surface area contributed by atoms with Crippen LogP contribution >= 0.6 is 0 Å². The molecule has 0 aliphatic carbocycles. The fraction of sp³-hybridized carbons (Fsp3) is 0.714. The summed E-state index contributed by atoms with van der Waals surface area (Å²) in [6, 6.07) is 0. The highest BCUT2D eigenvalue weighted by Crippen LogP contribution is 2.26. The molecule has 0 spiro atoms. The third-order valence-electron chi connectivity index (χ3n) is 4.47. The van der Waals surface area contributed by atoms with Gasteiger partial charge < -0.3 is 9.80 Å². The van der Waals surface area contributed by atoms with Gasteiger partial charge in [-0.3, -0.25) is 0 Å². The lowest BCUT2D eigenvalue weighted by molar-refractivity contribution is 0.308. The molecule has 1 aromatic heterocycles. The lowest BCUT2D eigenvalue weighted by atomic mass is 10.1. The third kappa shape index (κ3) is 2.95. The minimum absolute atomic E-state index is 0.167. The summed E-state index contributed by atoms with van der Waals surface area (Å²) in [5.74, 6) is 1.14. The second-order valence-electron chi connectivity index (χ2n) is 5.90. The van der Waals surface area contributed by atoms with Crippen LogP contribution in [0.4, 0.5) is 5.82 Å². The van der Waals surface area contributed by atoms with Gasteiger partial charge >= 0.3 is 0 Å². The molecule has 7 nitrogen and oxygen atoms in total. The molecule has 0 radical (unpaired) electrons. The number of piperazine rings is 1. The number of nitrogens with zero attached hydrogens (tertiary/aromatic N) is 5.